The number of nitrogens with one attached hydrogen (secondary N) is 2. The van der Waals surface area contributed by atoms with E-state index >= 15 is 0 Å². The zero-order valence-corrected chi connectivity index (χ0v) is 22.6. The number of carboxylic acid groups (broad SMARTS) is 1. The molecule has 3 rings (SSSR count). The smallest absolute Gasteiger partial charge is 0.303 e. The van der Waals surface area contributed by atoms with Crippen molar-refractivity contribution >= 4 is 40.9 Å². The quantitative estimate of drug-likeness (QED) is 0.189. The number of thiophene rings is 1. The summed E-state index contributed by atoms with van der Waals surface area (Å²) >= 11 is 1.65. The molecule has 0 aliphatic rings. The molecule has 3 aromatic rings. The number of amides is 4. The Hall–Kier alpha value is -4.51. The van der Waals surface area contributed by atoms with Gasteiger partial charge in [-0.25, -0.2) is 0 Å². The van der Waals surface area contributed by atoms with Crippen molar-refractivity contribution < 1.29 is 29.1 Å². The predicted molar refractivity (Wildman–Crippen MR) is 152 cm³/mol. The second-order valence-electron chi connectivity index (χ2n) is 9.28. The third kappa shape index (κ3) is 9.35. The molecule has 4 amide bonds. The van der Waals surface area contributed by atoms with Crippen LogP contribution in [-0.4, -0.2) is 46.8 Å². The highest BCUT2D eigenvalue weighted by Gasteiger charge is 2.26. The largest absolute Gasteiger partial charge is 0.481 e. The Morgan fingerprint density at radius 1 is 0.775 bits per heavy atom. The van der Waals surface area contributed by atoms with Crippen LogP contribution in [0.1, 0.15) is 37.7 Å². The SMILES string of the molecule is NC(=O)CC[C@H](NC(=O)CCc1ccc(-c2cc(-c3ccccc3)cs2)cc1)C(=O)NC(CCC(=O)O)C(N)=O. The molecule has 1 heterocycles. The summed E-state index contributed by atoms with van der Waals surface area (Å²) in [7, 11) is 0. The molecule has 0 saturated carbocycles. The van der Waals surface area contributed by atoms with E-state index < -0.39 is 41.7 Å². The highest BCUT2D eigenvalue weighted by atomic mass is 32.1. The van der Waals surface area contributed by atoms with E-state index in [9.17, 15) is 24.0 Å². The van der Waals surface area contributed by atoms with Crippen LogP contribution in [0.3, 0.4) is 0 Å². The lowest BCUT2D eigenvalue weighted by molar-refractivity contribution is -0.138. The second-order valence-corrected chi connectivity index (χ2v) is 10.2. The normalized spacial score (nSPS) is 12.2. The van der Waals surface area contributed by atoms with Crippen LogP contribution in [0.25, 0.3) is 21.6 Å². The first-order chi connectivity index (χ1) is 19.1. The highest BCUT2D eigenvalue weighted by molar-refractivity contribution is 7.14. The van der Waals surface area contributed by atoms with Gasteiger partial charge in [0.25, 0.3) is 0 Å². The molecular weight excluding hydrogens is 532 g/mol. The molecule has 10 nitrogen and oxygen atoms in total. The predicted octanol–water partition coefficient (Wildman–Crippen LogP) is 2.60. The van der Waals surface area contributed by atoms with Gasteiger partial charge in [0.2, 0.25) is 23.6 Å². The van der Waals surface area contributed by atoms with Crippen LogP contribution in [0, 0.1) is 0 Å². The molecule has 0 spiro atoms. The number of primary amides is 2. The molecule has 2 aromatic carbocycles. The molecule has 2 atom stereocenters. The number of benzene rings is 2. The van der Waals surface area contributed by atoms with Gasteiger partial charge in [0.1, 0.15) is 12.1 Å². The fraction of sp³-hybridized carbons (Fsp3) is 0.276. The Morgan fingerprint density at radius 3 is 2.08 bits per heavy atom. The van der Waals surface area contributed by atoms with E-state index in [4.69, 9.17) is 16.6 Å². The van der Waals surface area contributed by atoms with Crippen molar-refractivity contribution in [2.45, 2.75) is 50.6 Å². The van der Waals surface area contributed by atoms with Crippen LogP contribution in [0.15, 0.2) is 66.0 Å². The summed E-state index contributed by atoms with van der Waals surface area (Å²) in [6, 6.07) is 17.8. The Balaban J connectivity index is 1.57. The summed E-state index contributed by atoms with van der Waals surface area (Å²) in [5, 5.41) is 15.9. The van der Waals surface area contributed by atoms with Gasteiger partial charge in [-0.05, 0) is 53.0 Å². The van der Waals surface area contributed by atoms with Gasteiger partial charge in [0.15, 0.2) is 0 Å². The summed E-state index contributed by atoms with van der Waals surface area (Å²) in [6.07, 6.45) is -0.357. The number of carbonyl (C=O) groups excluding carboxylic acids is 4. The molecule has 0 bridgehead atoms. The molecule has 0 fully saturated rings. The first-order valence-corrected chi connectivity index (χ1v) is 13.6. The number of nitrogens with two attached hydrogens (primary N) is 2. The van der Waals surface area contributed by atoms with Crippen molar-refractivity contribution in [1.29, 1.82) is 0 Å². The Labute approximate surface area is 235 Å². The van der Waals surface area contributed by atoms with Gasteiger partial charge in [-0.3, -0.25) is 24.0 Å². The summed E-state index contributed by atoms with van der Waals surface area (Å²) in [6.45, 7) is 0. The lowest BCUT2D eigenvalue weighted by atomic mass is 10.0. The van der Waals surface area contributed by atoms with Gasteiger partial charge < -0.3 is 27.2 Å². The van der Waals surface area contributed by atoms with Gasteiger partial charge in [-0.15, -0.1) is 11.3 Å². The zero-order valence-electron chi connectivity index (χ0n) is 21.8. The fourth-order valence-electron chi connectivity index (χ4n) is 4.01. The molecule has 0 saturated heterocycles. The minimum Gasteiger partial charge on any atom is -0.481 e. The average Bonchev–Trinajstić information content (AvgIpc) is 3.43. The van der Waals surface area contributed by atoms with Gasteiger partial charge in [0.05, 0.1) is 0 Å². The minimum absolute atomic E-state index is 0.0785. The van der Waals surface area contributed by atoms with Crippen molar-refractivity contribution in [3.05, 3.63) is 71.6 Å². The van der Waals surface area contributed by atoms with Crippen LogP contribution in [0.4, 0.5) is 0 Å². The number of aliphatic carboxylic acids is 1. The lowest BCUT2D eigenvalue weighted by Crippen LogP contribution is -2.53. The van der Waals surface area contributed by atoms with Crippen LogP contribution in [-0.2, 0) is 30.4 Å². The molecule has 11 heteroatoms. The zero-order chi connectivity index (χ0) is 29.1. The highest BCUT2D eigenvalue weighted by Crippen LogP contribution is 2.32. The minimum atomic E-state index is -1.23. The van der Waals surface area contributed by atoms with E-state index in [1.165, 1.54) is 0 Å². The number of aryl methyl sites for hydroxylation is 1. The van der Waals surface area contributed by atoms with E-state index in [0.29, 0.717) is 6.42 Å². The summed E-state index contributed by atoms with van der Waals surface area (Å²) in [5.41, 5.74) is 14.8. The Morgan fingerprint density at radius 2 is 1.45 bits per heavy atom. The number of carbonyl (C=O) groups is 5. The maximum atomic E-state index is 12.8. The molecule has 0 radical (unpaired) electrons. The third-order valence-corrected chi connectivity index (χ3v) is 7.20. The maximum absolute atomic E-state index is 12.8. The summed E-state index contributed by atoms with van der Waals surface area (Å²) in [5.74, 6) is -3.90. The van der Waals surface area contributed by atoms with Crippen LogP contribution >= 0.6 is 11.3 Å². The number of hydrogen-bond acceptors (Lipinski definition) is 6. The first kappa shape index (κ1) is 30.0. The van der Waals surface area contributed by atoms with Gasteiger partial charge >= 0.3 is 5.97 Å². The molecule has 1 aromatic heterocycles. The number of rotatable bonds is 15. The van der Waals surface area contributed by atoms with E-state index in [-0.39, 0.29) is 32.1 Å². The van der Waals surface area contributed by atoms with Crippen molar-refractivity contribution in [2.75, 3.05) is 0 Å². The molecule has 0 aliphatic carbocycles. The number of carboxylic acids is 1. The van der Waals surface area contributed by atoms with Gasteiger partial charge in [-0.1, -0.05) is 54.6 Å². The fourth-order valence-corrected chi connectivity index (χ4v) is 4.94. The topological polar surface area (TPSA) is 182 Å². The monoisotopic (exact) mass is 564 g/mol. The van der Waals surface area contributed by atoms with E-state index in [2.05, 4.69) is 34.2 Å². The van der Waals surface area contributed by atoms with Crippen LogP contribution in [0.2, 0.25) is 0 Å². The Bertz CT molecular complexity index is 1340. The van der Waals surface area contributed by atoms with Crippen molar-refractivity contribution in [3.8, 4) is 21.6 Å². The Kier molecular flexibility index (Phi) is 11.0. The van der Waals surface area contributed by atoms with E-state index in [0.717, 1.165) is 27.1 Å². The van der Waals surface area contributed by atoms with E-state index in [1.807, 2.05) is 42.5 Å². The molecule has 40 heavy (non-hydrogen) atoms. The third-order valence-electron chi connectivity index (χ3n) is 6.22. The summed E-state index contributed by atoms with van der Waals surface area (Å²) < 4.78 is 0. The standard InChI is InChI=1S/C29H32N4O6S/c30-25(34)13-11-23(29(39)33-22(28(31)38)12-15-27(36)37)32-26(35)14-8-18-6-9-20(10-7-18)24-16-21(17-40-24)19-4-2-1-3-5-19/h1-7,9-10,16-17,22-23H,8,11-15H2,(H2,30,34)(H2,31,38)(H,32,35)(H,33,39)(H,36,37)/t22?,23-/m0/s1. The van der Waals surface area contributed by atoms with E-state index in [1.54, 1.807) is 11.3 Å². The average molecular weight is 565 g/mol. The van der Waals surface area contributed by atoms with Crippen molar-refractivity contribution in [3.63, 3.8) is 0 Å². The van der Waals surface area contributed by atoms with Gasteiger partial charge in [-0.2, -0.15) is 0 Å². The number of hydrogen-bond donors (Lipinski definition) is 5. The van der Waals surface area contributed by atoms with Crippen molar-refractivity contribution in [2.24, 2.45) is 11.5 Å². The molecular formula is C29H32N4O6S. The van der Waals surface area contributed by atoms with Crippen LogP contribution < -0.4 is 22.1 Å². The van der Waals surface area contributed by atoms with Gasteiger partial charge in [0, 0.05) is 24.1 Å². The molecule has 0 aliphatic heterocycles. The summed E-state index contributed by atoms with van der Waals surface area (Å²) in [4.78, 5) is 60.3. The molecule has 1 unspecified atom stereocenters. The van der Waals surface area contributed by atoms with Crippen molar-refractivity contribution in [1.82, 2.24) is 10.6 Å². The lowest BCUT2D eigenvalue weighted by Gasteiger charge is -2.21. The van der Waals surface area contributed by atoms with Crippen LogP contribution in [0.5, 0.6) is 0 Å². The maximum Gasteiger partial charge on any atom is 0.303 e. The molecule has 210 valence electrons. The molecule has 7 N–H and O–H groups in total. The second kappa shape index (κ2) is 14.6. The first-order valence-electron chi connectivity index (χ1n) is 12.7.